The quantitative estimate of drug-likeness (QED) is 0.764. The van der Waals surface area contributed by atoms with E-state index in [9.17, 15) is 4.79 Å². The Morgan fingerprint density at radius 1 is 1.47 bits per heavy atom. The first kappa shape index (κ1) is 14.9. The van der Waals surface area contributed by atoms with Crippen molar-refractivity contribution in [2.75, 3.05) is 6.54 Å². The van der Waals surface area contributed by atoms with E-state index in [-0.39, 0.29) is 5.91 Å². The van der Waals surface area contributed by atoms with Gasteiger partial charge in [0.1, 0.15) is 0 Å². The predicted octanol–water partition coefficient (Wildman–Crippen LogP) is 4.90. The Balaban J connectivity index is 2.23. The molecule has 0 aliphatic carbocycles. The van der Waals surface area contributed by atoms with Crippen molar-refractivity contribution in [2.24, 2.45) is 0 Å². The molecule has 1 aromatic carbocycles. The molecule has 1 amide bonds. The summed E-state index contributed by atoms with van der Waals surface area (Å²) in [5.41, 5.74) is 0.610. The maximum absolute atomic E-state index is 12.7. The van der Waals surface area contributed by atoms with E-state index in [0.29, 0.717) is 16.6 Å². The van der Waals surface area contributed by atoms with E-state index in [1.807, 2.05) is 23.1 Å². The molecule has 1 aromatic rings. The number of amides is 1. The fourth-order valence-electron chi connectivity index (χ4n) is 2.72. The third-order valence-corrected chi connectivity index (χ3v) is 4.99. The molecule has 1 fully saturated rings. The summed E-state index contributed by atoms with van der Waals surface area (Å²) in [6.45, 7) is 3.02. The van der Waals surface area contributed by atoms with Crippen LogP contribution >= 0.6 is 27.5 Å². The van der Waals surface area contributed by atoms with E-state index in [1.165, 1.54) is 6.42 Å². The van der Waals surface area contributed by atoms with Crippen molar-refractivity contribution in [1.82, 2.24) is 4.90 Å². The van der Waals surface area contributed by atoms with Crippen LogP contribution in [-0.2, 0) is 0 Å². The molecule has 2 rings (SSSR count). The first-order valence-corrected chi connectivity index (χ1v) is 8.07. The van der Waals surface area contributed by atoms with Gasteiger partial charge in [-0.25, -0.2) is 0 Å². The molecule has 0 N–H and O–H groups in total. The number of piperidine rings is 1. The van der Waals surface area contributed by atoms with Crippen molar-refractivity contribution in [3.05, 3.63) is 33.3 Å². The van der Waals surface area contributed by atoms with Gasteiger partial charge in [-0.2, -0.15) is 0 Å². The Bertz CT molecular complexity index is 461. The smallest absolute Gasteiger partial charge is 0.255 e. The van der Waals surface area contributed by atoms with Gasteiger partial charge in [0.15, 0.2) is 0 Å². The lowest BCUT2D eigenvalue weighted by Gasteiger charge is -2.36. The van der Waals surface area contributed by atoms with Crippen LogP contribution in [0.15, 0.2) is 22.7 Å². The minimum atomic E-state index is 0.0736. The molecule has 1 saturated heterocycles. The van der Waals surface area contributed by atoms with Crippen molar-refractivity contribution in [2.45, 2.75) is 45.1 Å². The fourth-order valence-corrected chi connectivity index (χ4v) is 3.30. The van der Waals surface area contributed by atoms with E-state index in [0.717, 1.165) is 36.7 Å². The van der Waals surface area contributed by atoms with Crippen molar-refractivity contribution in [1.29, 1.82) is 0 Å². The van der Waals surface area contributed by atoms with Crippen LogP contribution in [0, 0.1) is 0 Å². The Kier molecular flexibility index (Phi) is 5.28. The SMILES string of the molecule is CCCC1CCCCN1C(=O)c1cccc(Br)c1Cl. The molecule has 0 spiro atoms. The molecule has 104 valence electrons. The molecule has 0 bridgehead atoms. The van der Waals surface area contributed by atoms with E-state index in [1.54, 1.807) is 0 Å². The lowest BCUT2D eigenvalue weighted by Crippen LogP contribution is -2.43. The van der Waals surface area contributed by atoms with Crippen LogP contribution in [-0.4, -0.2) is 23.4 Å². The molecule has 4 heteroatoms. The molecule has 0 aromatic heterocycles. The zero-order valence-corrected chi connectivity index (χ0v) is 13.5. The first-order valence-electron chi connectivity index (χ1n) is 6.90. The number of halogens is 2. The Morgan fingerprint density at radius 3 is 3.00 bits per heavy atom. The third-order valence-electron chi connectivity index (χ3n) is 3.69. The first-order chi connectivity index (χ1) is 9.15. The number of hydrogen-bond donors (Lipinski definition) is 0. The van der Waals surface area contributed by atoms with Crippen LogP contribution in [0.1, 0.15) is 49.4 Å². The lowest BCUT2D eigenvalue weighted by atomic mass is 9.97. The fraction of sp³-hybridized carbons (Fsp3) is 0.533. The molecule has 1 atom stereocenters. The van der Waals surface area contributed by atoms with Crippen molar-refractivity contribution in [3.8, 4) is 0 Å². The number of hydrogen-bond acceptors (Lipinski definition) is 1. The number of rotatable bonds is 3. The molecule has 1 aliphatic heterocycles. The van der Waals surface area contributed by atoms with Crippen LogP contribution in [0.2, 0.25) is 5.02 Å². The van der Waals surface area contributed by atoms with Gasteiger partial charge in [-0.3, -0.25) is 4.79 Å². The molecule has 1 unspecified atom stereocenters. The Hall–Kier alpha value is -0.540. The normalized spacial score (nSPS) is 19.5. The van der Waals surface area contributed by atoms with E-state index in [2.05, 4.69) is 22.9 Å². The predicted molar refractivity (Wildman–Crippen MR) is 82.7 cm³/mol. The Morgan fingerprint density at radius 2 is 2.26 bits per heavy atom. The Labute approximate surface area is 128 Å². The second kappa shape index (κ2) is 6.76. The molecule has 0 saturated carbocycles. The van der Waals surface area contributed by atoms with Gasteiger partial charge in [0.05, 0.1) is 10.6 Å². The second-order valence-electron chi connectivity index (χ2n) is 5.04. The van der Waals surface area contributed by atoms with Crippen molar-refractivity contribution < 1.29 is 4.79 Å². The van der Waals surface area contributed by atoms with Crippen LogP contribution in [0.3, 0.4) is 0 Å². The maximum atomic E-state index is 12.7. The highest BCUT2D eigenvalue weighted by Crippen LogP contribution is 2.29. The summed E-state index contributed by atoms with van der Waals surface area (Å²) in [5.74, 6) is 0.0736. The summed E-state index contributed by atoms with van der Waals surface area (Å²) >= 11 is 9.62. The minimum Gasteiger partial charge on any atom is -0.336 e. The number of likely N-dealkylation sites (tertiary alicyclic amines) is 1. The standard InChI is InChI=1S/C15H19BrClNO/c1-2-6-11-7-3-4-10-18(11)15(19)12-8-5-9-13(16)14(12)17/h5,8-9,11H,2-4,6-7,10H2,1H3. The second-order valence-corrected chi connectivity index (χ2v) is 6.27. The van der Waals surface area contributed by atoms with Gasteiger partial charge in [-0.1, -0.05) is 31.0 Å². The summed E-state index contributed by atoms with van der Waals surface area (Å²) in [6, 6.07) is 5.91. The highest BCUT2D eigenvalue weighted by Gasteiger charge is 2.28. The lowest BCUT2D eigenvalue weighted by molar-refractivity contribution is 0.0601. The molecule has 0 radical (unpaired) electrons. The van der Waals surface area contributed by atoms with Gasteiger partial charge in [0.25, 0.3) is 5.91 Å². The average Bonchev–Trinajstić information content (AvgIpc) is 2.42. The molecular weight excluding hydrogens is 326 g/mol. The van der Waals surface area contributed by atoms with Crippen LogP contribution < -0.4 is 0 Å². The highest BCUT2D eigenvalue weighted by molar-refractivity contribution is 9.10. The molecule has 1 heterocycles. The summed E-state index contributed by atoms with van der Waals surface area (Å²) in [6.07, 6.45) is 5.63. The van der Waals surface area contributed by atoms with Crippen LogP contribution in [0.5, 0.6) is 0 Å². The summed E-state index contributed by atoms with van der Waals surface area (Å²) in [5, 5.41) is 0.522. The molecule has 1 aliphatic rings. The van der Waals surface area contributed by atoms with Gasteiger partial charge in [0, 0.05) is 17.1 Å². The largest absolute Gasteiger partial charge is 0.336 e. The van der Waals surface area contributed by atoms with Gasteiger partial charge < -0.3 is 4.90 Å². The number of nitrogens with zero attached hydrogens (tertiary/aromatic N) is 1. The van der Waals surface area contributed by atoms with Crippen LogP contribution in [0.4, 0.5) is 0 Å². The van der Waals surface area contributed by atoms with Gasteiger partial charge >= 0.3 is 0 Å². The average molecular weight is 345 g/mol. The summed E-state index contributed by atoms with van der Waals surface area (Å²) in [4.78, 5) is 14.7. The van der Waals surface area contributed by atoms with Crippen molar-refractivity contribution >= 4 is 33.4 Å². The molecular formula is C15H19BrClNO. The summed E-state index contributed by atoms with van der Waals surface area (Å²) < 4.78 is 0.782. The third kappa shape index (κ3) is 3.32. The van der Waals surface area contributed by atoms with Gasteiger partial charge in [0.2, 0.25) is 0 Å². The van der Waals surface area contributed by atoms with E-state index < -0.39 is 0 Å². The van der Waals surface area contributed by atoms with Gasteiger partial charge in [-0.05, 0) is 53.7 Å². The molecule has 19 heavy (non-hydrogen) atoms. The summed E-state index contributed by atoms with van der Waals surface area (Å²) in [7, 11) is 0. The highest BCUT2D eigenvalue weighted by atomic mass is 79.9. The van der Waals surface area contributed by atoms with Crippen molar-refractivity contribution in [3.63, 3.8) is 0 Å². The minimum absolute atomic E-state index is 0.0736. The maximum Gasteiger partial charge on any atom is 0.255 e. The zero-order chi connectivity index (χ0) is 13.8. The zero-order valence-electron chi connectivity index (χ0n) is 11.2. The van der Waals surface area contributed by atoms with Crippen LogP contribution in [0.25, 0.3) is 0 Å². The monoisotopic (exact) mass is 343 g/mol. The number of carbonyl (C=O) groups excluding carboxylic acids is 1. The van der Waals surface area contributed by atoms with E-state index in [4.69, 9.17) is 11.6 Å². The van der Waals surface area contributed by atoms with Gasteiger partial charge in [-0.15, -0.1) is 0 Å². The molecule has 2 nitrogen and oxygen atoms in total. The number of carbonyl (C=O) groups is 1. The topological polar surface area (TPSA) is 20.3 Å². The number of benzene rings is 1. The van der Waals surface area contributed by atoms with E-state index >= 15 is 0 Å².